The Labute approximate surface area is 113 Å². The third-order valence-electron chi connectivity index (χ3n) is 3.98. The van der Waals surface area contributed by atoms with Gasteiger partial charge in [0.2, 0.25) is 0 Å². The maximum atomic E-state index is 8.36. The lowest BCUT2D eigenvalue weighted by Gasteiger charge is -2.46. The minimum absolute atomic E-state index is 0.0153. The van der Waals surface area contributed by atoms with Gasteiger partial charge in [-0.15, -0.1) is 0 Å². The Bertz CT molecular complexity index is 399. The molecule has 2 rings (SSSR count). The average molecular weight is 271 g/mol. The van der Waals surface area contributed by atoms with E-state index >= 15 is 0 Å². The number of halogens is 2. The smallest absolute Gasteiger partial charge is 0.0595 e. The molecule has 1 radical (unpaired) electrons. The summed E-state index contributed by atoms with van der Waals surface area (Å²) < 4.78 is 0. The molecule has 0 amide bonds. The second kappa shape index (κ2) is 5.17. The highest BCUT2D eigenvalue weighted by atomic mass is 35.5. The second-order valence-electron chi connectivity index (χ2n) is 4.98. The summed E-state index contributed by atoms with van der Waals surface area (Å²) >= 11 is 12.0. The fourth-order valence-electron chi connectivity index (χ4n) is 2.77. The molecule has 1 fully saturated rings. The molecule has 1 aromatic carbocycles. The van der Waals surface area contributed by atoms with Gasteiger partial charge in [0.25, 0.3) is 0 Å². The van der Waals surface area contributed by atoms with Crippen LogP contribution in [0.3, 0.4) is 0 Å². The van der Waals surface area contributed by atoms with Crippen LogP contribution < -0.4 is 5.73 Å². The van der Waals surface area contributed by atoms with Crippen LogP contribution in [0.4, 0.5) is 0 Å². The van der Waals surface area contributed by atoms with Crippen LogP contribution in [-0.2, 0) is 5.41 Å². The first-order valence-electron chi connectivity index (χ1n) is 6.27. The van der Waals surface area contributed by atoms with E-state index in [1.54, 1.807) is 0 Å². The SMILES string of the molecule is CCCC([NH])C1(c2ccc(Cl)c(Cl)c2)CCC1. The van der Waals surface area contributed by atoms with Crippen LogP contribution >= 0.6 is 23.2 Å². The normalized spacial score (nSPS) is 19.8. The molecule has 0 heterocycles. The highest BCUT2D eigenvalue weighted by molar-refractivity contribution is 6.42. The summed E-state index contributed by atoms with van der Waals surface area (Å²) in [6.07, 6.45) is 5.47. The van der Waals surface area contributed by atoms with E-state index in [9.17, 15) is 0 Å². The highest BCUT2D eigenvalue weighted by Crippen LogP contribution is 2.48. The van der Waals surface area contributed by atoms with Crippen LogP contribution in [0, 0.1) is 0 Å². The van der Waals surface area contributed by atoms with E-state index in [1.807, 2.05) is 18.2 Å². The molecule has 1 nitrogen and oxygen atoms in total. The van der Waals surface area contributed by atoms with E-state index in [0.717, 1.165) is 25.7 Å². The Hall–Kier alpha value is -0.240. The zero-order valence-electron chi connectivity index (χ0n) is 10.1. The summed E-state index contributed by atoms with van der Waals surface area (Å²) in [5.41, 5.74) is 9.60. The van der Waals surface area contributed by atoms with Crippen LogP contribution in [0.5, 0.6) is 0 Å². The molecule has 0 saturated heterocycles. The quantitative estimate of drug-likeness (QED) is 0.746. The first-order chi connectivity index (χ1) is 8.10. The van der Waals surface area contributed by atoms with Gasteiger partial charge in [0, 0.05) is 11.5 Å². The summed E-state index contributed by atoms with van der Waals surface area (Å²) in [6, 6.07) is 5.85. The Morgan fingerprint density at radius 3 is 2.47 bits per heavy atom. The zero-order chi connectivity index (χ0) is 12.5. The number of rotatable bonds is 4. The molecule has 0 aliphatic heterocycles. The fraction of sp³-hybridized carbons (Fsp3) is 0.571. The first-order valence-corrected chi connectivity index (χ1v) is 7.02. The maximum absolute atomic E-state index is 8.36. The van der Waals surface area contributed by atoms with Crippen molar-refractivity contribution in [3.63, 3.8) is 0 Å². The Balaban J connectivity index is 2.31. The summed E-state index contributed by atoms with van der Waals surface area (Å²) in [5.74, 6) is 0. The van der Waals surface area contributed by atoms with Crippen LogP contribution in [0.25, 0.3) is 0 Å². The van der Waals surface area contributed by atoms with Crippen molar-refractivity contribution >= 4 is 23.2 Å². The highest BCUT2D eigenvalue weighted by Gasteiger charge is 2.43. The Kier molecular flexibility index (Phi) is 4.02. The molecule has 17 heavy (non-hydrogen) atoms. The minimum atomic E-state index is -0.0153. The van der Waals surface area contributed by atoms with Gasteiger partial charge in [-0.05, 0) is 37.0 Å². The van der Waals surface area contributed by atoms with Crippen molar-refractivity contribution in [2.45, 2.75) is 50.5 Å². The van der Waals surface area contributed by atoms with Gasteiger partial charge in [-0.3, -0.25) is 5.73 Å². The number of hydrogen-bond acceptors (Lipinski definition) is 0. The third kappa shape index (κ3) is 2.33. The first kappa shape index (κ1) is 13.2. The van der Waals surface area contributed by atoms with Gasteiger partial charge in [0.05, 0.1) is 10.0 Å². The van der Waals surface area contributed by atoms with Gasteiger partial charge in [0.1, 0.15) is 0 Å². The zero-order valence-corrected chi connectivity index (χ0v) is 11.6. The van der Waals surface area contributed by atoms with Crippen LogP contribution in [0.2, 0.25) is 10.0 Å². The van der Waals surface area contributed by atoms with Crippen LogP contribution in [0.15, 0.2) is 18.2 Å². The topological polar surface area (TPSA) is 23.8 Å². The molecule has 1 unspecified atom stereocenters. The van der Waals surface area contributed by atoms with Gasteiger partial charge < -0.3 is 0 Å². The van der Waals surface area contributed by atoms with Crippen molar-refractivity contribution in [3.8, 4) is 0 Å². The molecule has 3 heteroatoms. The summed E-state index contributed by atoms with van der Waals surface area (Å²) in [7, 11) is 0. The summed E-state index contributed by atoms with van der Waals surface area (Å²) in [5, 5.41) is 1.21. The summed E-state index contributed by atoms with van der Waals surface area (Å²) in [4.78, 5) is 0. The van der Waals surface area contributed by atoms with Crippen LogP contribution in [-0.4, -0.2) is 6.04 Å². The van der Waals surface area contributed by atoms with Crippen molar-refractivity contribution in [3.05, 3.63) is 33.8 Å². The van der Waals surface area contributed by atoms with Crippen molar-refractivity contribution in [2.24, 2.45) is 0 Å². The number of benzene rings is 1. The van der Waals surface area contributed by atoms with Crippen molar-refractivity contribution < 1.29 is 0 Å². The van der Waals surface area contributed by atoms with Crippen molar-refractivity contribution in [1.29, 1.82) is 0 Å². The molecule has 0 spiro atoms. The van der Waals surface area contributed by atoms with E-state index < -0.39 is 0 Å². The largest absolute Gasteiger partial charge is 0.254 e. The molecule has 1 atom stereocenters. The van der Waals surface area contributed by atoms with Gasteiger partial charge in [-0.25, -0.2) is 0 Å². The Morgan fingerprint density at radius 2 is 2.00 bits per heavy atom. The van der Waals surface area contributed by atoms with Gasteiger partial charge in [0.15, 0.2) is 0 Å². The van der Waals surface area contributed by atoms with E-state index in [0.29, 0.717) is 10.0 Å². The molecule has 1 aromatic rings. The molecular weight excluding hydrogens is 253 g/mol. The molecule has 1 saturated carbocycles. The standard InChI is InChI=1S/C14H18Cl2N/c1-2-4-13(17)14(7-3-8-14)10-5-6-11(15)12(16)9-10/h5-6,9,13,17H,2-4,7-8H2,1H3. The lowest BCUT2D eigenvalue weighted by molar-refractivity contribution is 0.183. The molecular formula is C14H18Cl2N. The van der Waals surface area contributed by atoms with Gasteiger partial charge in [-0.1, -0.05) is 49.0 Å². The predicted molar refractivity (Wildman–Crippen MR) is 73.8 cm³/mol. The van der Waals surface area contributed by atoms with Crippen molar-refractivity contribution in [1.82, 2.24) is 5.73 Å². The van der Waals surface area contributed by atoms with E-state index in [4.69, 9.17) is 28.9 Å². The lowest BCUT2D eigenvalue weighted by Crippen LogP contribution is -2.46. The molecule has 1 aliphatic carbocycles. The van der Waals surface area contributed by atoms with Gasteiger partial charge >= 0.3 is 0 Å². The van der Waals surface area contributed by atoms with E-state index in [-0.39, 0.29) is 11.5 Å². The molecule has 0 bridgehead atoms. The average Bonchev–Trinajstić information content (AvgIpc) is 2.22. The molecule has 1 N–H and O–H groups in total. The molecule has 0 aromatic heterocycles. The van der Waals surface area contributed by atoms with Crippen molar-refractivity contribution in [2.75, 3.05) is 0 Å². The number of hydrogen-bond donors (Lipinski definition) is 0. The van der Waals surface area contributed by atoms with E-state index in [2.05, 4.69) is 6.92 Å². The predicted octanol–water partition coefficient (Wildman–Crippen LogP) is 4.87. The third-order valence-corrected chi connectivity index (χ3v) is 4.72. The fourth-order valence-corrected chi connectivity index (χ4v) is 3.06. The molecule has 1 aliphatic rings. The number of nitrogens with one attached hydrogen (secondary N) is 1. The maximum Gasteiger partial charge on any atom is 0.0595 e. The monoisotopic (exact) mass is 270 g/mol. The Morgan fingerprint density at radius 1 is 1.29 bits per heavy atom. The molecule has 93 valence electrons. The van der Waals surface area contributed by atoms with Crippen LogP contribution in [0.1, 0.15) is 44.6 Å². The van der Waals surface area contributed by atoms with E-state index in [1.165, 1.54) is 12.0 Å². The summed E-state index contributed by atoms with van der Waals surface area (Å²) in [6.45, 7) is 2.14. The second-order valence-corrected chi connectivity index (χ2v) is 5.79. The minimum Gasteiger partial charge on any atom is -0.254 e. The lowest BCUT2D eigenvalue weighted by atomic mass is 9.59. The van der Waals surface area contributed by atoms with Gasteiger partial charge in [-0.2, -0.15) is 0 Å².